The Morgan fingerprint density at radius 3 is 2.35 bits per heavy atom. The average molecular weight is 284 g/mol. The maximum Gasteiger partial charge on any atom is 0.411 e. The lowest BCUT2D eigenvalue weighted by Gasteiger charge is -2.26. The number of amides is 1. The Bertz CT molecular complexity index is 462. The molecule has 0 bridgehead atoms. The van der Waals surface area contributed by atoms with Crippen molar-refractivity contribution in [3.8, 4) is 0 Å². The van der Waals surface area contributed by atoms with Gasteiger partial charge in [0.15, 0.2) is 11.8 Å². The van der Waals surface area contributed by atoms with Crippen molar-refractivity contribution in [3.63, 3.8) is 0 Å². The van der Waals surface area contributed by atoms with Crippen LogP contribution in [0.15, 0.2) is 11.8 Å². The van der Waals surface area contributed by atoms with Crippen molar-refractivity contribution in [3.05, 3.63) is 11.8 Å². The predicted octanol–water partition coefficient (Wildman–Crippen LogP) is 0.705. The Morgan fingerprint density at radius 1 is 1.40 bits per heavy atom. The third-order valence-electron chi connectivity index (χ3n) is 2.50. The first kappa shape index (κ1) is 16.0. The fraction of sp³-hybridized carbons (Fsp3) is 0.615. The van der Waals surface area contributed by atoms with E-state index in [1.54, 1.807) is 39.8 Å². The number of rotatable bonds is 2. The normalized spacial score (nSPS) is 21.2. The SMILES string of the molecule is CN(C)/C=C1/C(=O)CN(C(=O)OC(C)(C)C)[C@@H]1C(=O)O. The smallest absolute Gasteiger partial charge is 0.411 e. The summed E-state index contributed by atoms with van der Waals surface area (Å²) in [6.45, 7) is 4.74. The second kappa shape index (κ2) is 5.52. The van der Waals surface area contributed by atoms with E-state index in [1.165, 1.54) is 6.20 Å². The third-order valence-corrected chi connectivity index (χ3v) is 2.50. The van der Waals surface area contributed by atoms with Crippen molar-refractivity contribution in [2.45, 2.75) is 32.4 Å². The first-order valence-electron chi connectivity index (χ1n) is 6.16. The molecule has 0 radical (unpaired) electrons. The maximum atomic E-state index is 12.0. The van der Waals surface area contributed by atoms with Crippen LogP contribution in [0.4, 0.5) is 4.79 Å². The van der Waals surface area contributed by atoms with E-state index in [9.17, 15) is 19.5 Å². The average Bonchev–Trinajstić information content (AvgIpc) is 2.53. The minimum Gasteiger partial charge on any atom is -0.479 e. The van der Waals surface area contributed by atoms with Crippen LogP contribution in [-0.4, -0.2) is 65.0 Å². The van der Waals surface area contributed by atoms with Gasteiger partial charge in [0.1, 0.15) is 5.60 Å². The molecule has 1 fully saturated rings. The van der Waals surface area contributed by atoms with E-state index in [2.05, 4.69) is 0 Å². The van der Waals surface area contributed by atoms with Gasteiger partial charge in [0.25, 0.3) is 0 Å². The van der Waals surface area contributed by atoms with Gasteiger partial charge in [-0.05, 0) is 20.8 Å². The van der Waals surface area contributed by atoms with Crippen LogP contribution in [-0.2, 0) is 14.3 Å². The Morgan fingerprint density at radius 2 is 1.95 bits per heavy atom. The number of carboxylic acid groups (broad SMARTS) is 1. The van der Waals surface area contributed by atoms with Gasteiger partial charge in [0, 0.05) is 25.9 Å². The van der Waals surface area contributed by atoms with E-state index in [0.717, 1.165) is 4.90 Å². The van der Waals surface area contributed by atoms with Gasteiger partial charge in [-0.15, -0.1) is 0 Å². The minimum atomic E-state index is -1.31. The van der Waals surface area contributed by atoms with E-state index >= 15 is 0 Å². The fourth-order valence-corrected chi connectivity index (χ4v) is 1.84. The Balaban J connectivity index is 3.07. The topological polar surface area (TPSA) is 87.2 Å². The molecule has 1 heterocycles. The highest BCUT2D eigenvalue weighted by atomic mass is 16.6. The summed E-state index contributed by atoms with van der Waals surface area (Å²) in [7, 11) is 3.35. The second-order valence-corrected chi connectivity index (χ2v) is 5.82. The number of ketones is 1. The number of carboxylic acids is 1. The van der Waals surface area contributed by atoms with Crippen molar-refractivity contribution in [2.75, 3.05) is 20.6 Å². The van der Waals surface area contributed by atoms with E-state index < -0.39 is 29.5 Å². The van der Waals surface area contributed by atoms with Gasteiger partial charge in [-0.25, -0.2) is 9.59 Å². The number of Topliss-reactive ketones (excluding diaryl/α,β-unsaturated/α-hetero) is 1. The van der Waals surface area contributed by atoms with E-state index in [0.29, 0.717) is 0 Å². The largest absolute Gasteiger partial charge is 0.479 e. The number of nitrogens with zero attached hydrogens (tertiary/aromatic N) is 2. The molecular formula is C13H20N2O5. The molecule has 112 valence electrons. The molecule has 1 atom stereocenters. The Kier molecular flexibility index (Phi) is 4.42. The monoisotopic (exact) mass is 284 g/mol. The highest BCUT2D eigenvalue weighted by Crippen LogP contribution is 2.24. The van der Waals surface area contributed by atoms with Gasteiger partial charge in [0.05, 0.1) is 6.54 Å². The Hall–Kier alpha value is -2.05. The van der Waals surface area contributed by atoms with Gasteiger partial charge < -0.3 is 14.7 Å². The highest BCUT2D eigenvalue weighted by Gasteiger charge is 2.45. The van der Waals surface area contributed by atoms with Crippen LogP contribution in [0.25, 0.3) is 0 Å². The number of likely N-dealkylation sites (tertiary alicyclic amines) is 1. The number of ether oxygens (including phenoxy) is 1. The molecule has 0 aromatic carbocycles. The molecule has 7 heteroatoms. The molecule has 1 N–H and O–H groups in total. The summed E-state index contributed by atoms with van der Waals surface area (Å²) in [4.78, 5) is 37.8. The van der Waals surface area contributed by atoms with Gasteiger partial charge in [-0.1, -0.05) is 0 Å². The van der Waals surface area contributed by atoms with Gasteiger partial charge in [-0.2, -0.15) is 0 Å². The Labute approximate surface area is 117 Å². The molecule has 7 nitrogen and oxygen atoms in total. The molecule has 0 unspecified atom stereocenters. The van der Waals surface area contributed by atoms with Crippen molar-refractivity contribution < 1.29 is 24.2 Å². The van der Waals surface area contributed by atoms with Crippen LogP contribution < -0.4 is 0 Å². The summed E-state index contributed by atoms with van der Waals surface area (Å²) < 4.78 is 5.13. The van der Waals surface area contributed by atoms with Crippen LogP contribution in [0.1, 0.15) is 20.8 Å². The molecule has 20 heavy (non-hydrogen) atoms. The van der Waals surface area contributed by atoms with E-state index in [-0.39, 0.29) is 12.1 Å². The van der Waals surface area contributed by atoms with Crippen LogP contribution in [0.3, 0.4) is 0 Å². The van der Waals surface area contributed by atoms with Crippen molar-refractivity contribution in [2.24, 2.45) is 0 Å². The molecule has 1 aliphatic heterocycles. The molecule has 0 spiro atoms. The molecule has 0 aliphatic carbocycles. The lowest BCUT2D eigenvalue weighted by Crippen LogP contribution is -2.44. The lowest BCUT2D eigenvalue weighted by atomic mass is 10.1. The fourth-order valence-electron chi connectivity index (χ4n) is 1.84. The first-order valence-corrected chi connectivity index (χ1v) is 6.16. The summed E-state index contributed by atoms with van der Waals surface area (Å²) in [5, 5.41) is 9.27. The van der Waals surface area contributed by atoms with Gasteiger partial charge in [0.2, 0.25) is 0 Å². The summed E-state index contributed by atoms with van der Waals surface area (Å²) >= 11 is 0. The molecule has 1 rings (SSSR count). The number of hydrogen-bond donors (Lipinski definition) is 1. The van der Waals surface area contributed by atoms with Gasteiger partial charge >= 0.3 is 12.1 Å². The minimum absolute atomic E-state index is 0.0772. The predicted molar refractivity (Wildman–Crippen MR) is 71.1 cm³/mol. The van der Waals surface area contributed by atoms with Crippen LogP contribution in [0.5, 0.6) is 0 Å². The number of hydrogen-bond acceptors (Lipinski definition) is 5. The van der Waals surface area contributed by atoms with Crippen molar-refractivity contribution >= 4 is 17.8 Å². The quantitative estimate of drug-likeness (QED) is 0.751. The van der Waals surface area contributed by atoms with Crippen molar-refractivity contribution in [1.29, 1.82) is 0 Å². The summed E-state index contributed by atoms with van der Waals surface area (Å²) in [6, 6.07) is -1.31. The highest BCUT2D eigenvalue weighted by molar-refractivity contribution is 6.08. The molecule has 1 saturated heterocycles. The first-order chi connectivity index (χ1) is 9.03. The van der Waals surface area contributed by atoms with Crippen molar-refractivity contribution in [1.82, 2.24) is 9.80 Å². The number of carbonyl (C=O) groups excluding carboxylic acids is 2. The lowest BCUT2D eigenvalue weighted by molar-refractivity contribution is -0.140. The third kappa shape index (κ3) is 3.72. The summed E-state index contributed by atoms with van der Waals surface area (Å²) in [5.41, 5.74) is -0.676. The summed E-state index contributed by atoms with van der Waals surface area (Å²) in [5.74, 6) is -1.65. The number of aliphatic carboxylic acids is 1. The van der Waals surface area contributed by atoms with E-state index in [4.69, 9.17) is 4.74 Å². The molecular weight excluding hydrogens is 264 g/mol. The van der Waals surface area contributed by atoms with Crippen LogP contribution >= 0.6 is 0 Å². The molecule has 1 aliphatic rings. The molecule has 0 saturated carbocycles. The van der Waals surface area contributed by atoms with Crippen LogP contribution in [0.2, 0.25) is 0 Å². The zero-order valence-corrected chi connectivity index (χ0v) is 12.3. The van der Waals surface area contributed by atoms with Crippen LogP contribution in [0, 0.1) is 0 Å². The molecule has 0 aromatic heterocycles. The zero-order chi connectivity index (χ0) is 15.7. The molecule has 0 aromatic rings. The van der Waals surface area contributed by atoms with Gasteiger partial charge in [-0.3, -0.25) is 9.69 Å². The zero-order valence-electron chi connectivity index (χ0n) is 12.3. The molecule has 1 amide bonds. The number of carbonyl (C=O) groups is 3. The standard InChI is InChI=1S/C13H20N2O5/c1-13(2,3)20-12(19)15-7-9(16)8(6-14(4)5)10(15)11(17)18/h6,10H,7H2,1-5H3,(H,17,18)/b8-6-/t10-/m0/s1. The maximum absolute atomic E-state index is 12.0. The van der Waals surface area contributed by atoms with E-state index in [1.807, 2.05) is 0 Å². The summed E-state index contributed by atoms with van der Waals surface area (Å²) in [6.07, 6.45) is 0.617. The second-order valence-electron chi connectivity index (χ2n) is 5.82.